The van der Waals surface area contributed by atoms with E-state index in [-0.39, 0.29) is 0 Å². The summed E-state index contributed by atoms with van der Waals surface area (Å²) in [4.78, 5) is 2.40. The zero-order valence-electron chi connectivity index (χ0n) is 28.9. The molecule has 0 amide bonds. The van der Waals surface area contributed by atoms with Gasteiger partial charge in [-0.1, -0.05) is 158 Å². The number of nitrogens with zero attached hydrogens (tertiary/aromatic N) is 1. The number of anilines is 3. The second-order valence-corrected chi connectivity index (χ2v) is 15.1. The SMILES string of the molecule is c1ccc(N(c2ccc(C3(c4ccccc4)c4ccccc4-c4ccccc43)cc2)c2ccc3sc4c(ccc5ccc6ccccc6c54)c3c2)cc1. The van der Waals surface area contributed by atoms with Crippen molar-refractivity contribution in [2.24, 2.45) is 0 Å². The Morgan fingerprint density at radius 2 is 0.943 bits per heavy atom. The van der Waals surface area contributed by atoms with E-state index in [2.05, 4.69) is 205 Å². The van der Waals surface area contributed by atoms with Crippen LogP contribution in [0.1, 0.15) is 22.3 Å². The minimum absolute atomic E-state index is 0.425. The topological polar surface area (TPSA) is 3.24 Å². The van der Waals surface area contributed by atoms with Crippen LogP contribution in [0.4, 0.5) is 17.1 Å². The van der Waals surface area contributed by atoms with Crippen molar-refractivity contribution in [3.63, 3.8) is 0 Å². The Morgan fingerprint density at radius 3 is 1.70 bits per heavy atom. The minimum atomic E-state index is -0.425. The molecule has 2 heteroatoms. The summed E-state index contributed by atoms with van der Waals surface area (Å²) in [6.07, 6.45) is 0. The Hall–Kier alpha value is -6.48. The normalized spacial score (nSPS) is 13.1. The van der Waals surface area contributed by atoms with Crippen LogP contribution in [-0.4, -0.2) is 0 Å². The molecule has 1 aliphatic carbocycles. The van der Waals surface area contributed by atoms with Gasteiger partial charge in [-0.25, -0.2) is 0 Å². The monoisotopic (exact) mass is 691 g/mol. The Balaban J connectivity index is 1.10. The summed E-state index contributed by atoms with van der Waals surface area (Å²) in [7, 11) is 0. The van der Waals surface area contributed by atoms with E-state index in [1.807, 2.05) is 11.3 Å². The lowest BCUT2D eigenvalue weighted by molar-refractivity contribution is 0.768. The van der Waals surface area contributed by atoms with Crippen LogP contribution in [-0.2, 0) is 5.41 Å². The minimum Gasteiger partial charge on any atom is -0.310 e. The average Bonchev–Trinajstić information content (AvgIpc) is 3.76. The summed E-state index contributed by atoms with van der Waals surface area (Å²) in [6, 6.07) is 73.9. The van der Waals surface area contributed by atoms with Crippen molar-refractivity contribution in [2.75, 3.05) is 4.90 Å². The first kappa shape index (κ1) is 30.2. The number of hydrogen-bond donors (Lipinski definition) is 0. The van der Waals surface area contributed by atoms with Gasteiger partial charge < -0.3 is 4.90 Å². The third-order valence-electron chi connectivity index (χ3n) is 11.3. The maximum absolute atomic E-state index is 2.40. The van der Waals surface area contributed by atoms with Gasteiger partial charge in [-0.2, -0.15) is 0 Å². The third-order valence-corrected chi connectivity index (χ3v) is 12.5. The molecule has 0 atom stereocenters. The van der Waals surface area contributed by atoms with Gasteiger partial charge in [0.25, 0.3) is 0 Å². The fraction of sp³-hybridized carbons (Fsp3) is 0.0196. The van der Waals surface area contributed by atoms with Crippen molar-refractivity contribution in [2.45, 2.75) is 5.41 Å². The van der Waals surface area contributed by atoms with E-state index in [0.29, 0.717) is 0 Å². The molecule has 248 valence electrons. The lowest BCUT2D eigenvalue weighted by Gasteiger charge is -2.34. The van der Waals surface area contributed by atoms with Crippen molar-refractivity contribution in [1.82, 2.24) is 0 Å². The number of hydrogen-bond acceptors (Lipinski definition) is 2. The molecule has 9 aromatic carbocycles. The van der Waals surface area contributed by atoms with Gasteiger partial charge >= 0.3 is 0 Å². The van der Waals surface area contributed by atoms with Crippen LogP contribution in [0.2, 0.25) is 0 Å². The fourth-order valence-corrected chi connectivity index (χ4v) is 10.3. The summed E-state index contributed by atoms with van der Waals surface area (Å²) in [5, 5.41) is 7.83. The second-order valence-electron chi connectivity index (χ2n) is 14.0. The Labute approximate surface area is 312 Å². The number of thiophene rings is 1. The highest BCUT2D eigenvalue weighted by Gasteiger charge is 2.45. The van der Waals surface area contributed by atoms with Crippen LogP contribution < -0.4 is 4.90 Å². The lowest BCUT2D eigenvalue weighted by Crippen LogP contribution is -2.28. The number of para-hydroxylation sites is 1. The zero-order chi connectivity index (χ0) is 34.9. The molecule has 0 spiro atoms. The molecule has 0 saturated carbocycles. The van der Waals surface area contributed by atoms with E-state index < -0.39 is 5.41 Å². The van der Waals surface area contributed by atoms with Crippen molar-refractivity contribution < 1.29 is 0 Å². The highest BCUT2D eigenvalue weighted by Crippen LogP contribution is 2.56. The molecule has 0 bridgehead atoms. The standard InChI is InChI=1S/C51H33NS/c1-3-14-36(15-4-1)51(46-21-11-9-19-42(46)43-20-10-12-22-47(43)51)37-26-28-39(29-27-37)52(38-16-5-2-6-17-38)40-30-32-48-45(33-40)44-31-25-35-24-23-34-13-7-8-18-41(34)49(35)50(44)53-48/h1-33H. The molecule has 1 nitrogen and oxygen atoms in total. The summed E-state index contributed by atoms with van der Waals surface area (Å²) in [5.41, 5.74) is 10.8. The first-order chi connectivity index (χ1) is 26.3. The molecule has 0 radical (unpaired) electrons. The van der Waals surface area contributed by atoms with Gasteiger partial charge in [0.05, 0.1) is 5.41 Å². The van der Waals surface area contributed by atoms with Crippen molar-refractivity contribution >= 4 is 70.1 Å². The average molecular weight is 692 g/mol. The molecule has 1 heterocycles. The summed E-state index contributed by atoms with van der Waals surface area (Å²) < 4.78 is 2.65. The van der Waals surface area contributed by atoms with Crippen LogP contribution in [0, 0.1) is 0 Å². The van der Waals surface area contributed by atoms with Crippen LogP contribution in [0.5, 0.6) is 0 Å². The molecule has 10 aromatic rings. The third kappa shape index (κ3) is 4.43. The van der Waals surface area contributed by atoms with E-state index in [1.54, 1.807) is 0 Å². The van der Waals surface area contributed by atoms with Gasteiger partial charge in [-0.15, -0.1) is 11.3 Å². The van der Waals surface area contributed by atoms with E-state index in [1.165, 1.54) is 75.1 Å². The van der Waals surface area contributed by atoms with Crippen LogP contribution in [0.15, 0.2) is 200 Å². The molecule has 11 rings (SSSR count). The summed E-state index contributed by atoms with van der Waals surface area (Å²) in [5.74, 6) is 0. The Kier molecular flexibility index (Phi) is 6.71. The molecule has 1 aromatic heterocycles. The van der Waals surface area contributed by atoms with Crippen LogP contribution in [0.3, 0.4) is 0 Å². The van der Waals surface area contributed by atoms with Crippen LogP contribution >= 0.6 is 11.3 Å². The molecule has 0 saturated heterocycles. The van der Waals surface area contributed by atoms with Gasteiger partial charge in [-0.05, 0) is 92.0 Å². The van der Waals surface area contributed by atoms with Crippen molar-refractivity contribution in [3.8, 4) is 11.1 Å². The molecule has 0 unspecified atom stereocenters. The van der Waals surface area contributed by atoms with Gasteiger partial charge in [0.1, 0.15) is 0 Å². The molecular formula is C51H33NS. The summed E-state index contributed by atoms with van der Waals surface area (Å²) >= 11 is 1.90. The molecule has 0 N–H and O–H groups in total. The maximum Gasteiger partial charge on any atom is 0.0713 e. The predicted molar refractivity (Wildman–Crippen MR) is 226 cm³/mol. The smallest absolute Gasteiger partial charge is 0.0713 e. The van der Waals surface area contributed by atoms with E-state index in [0.717, 1.165) is 17.1 Å². The fourth-order valence-electron chi connectivity index (χ4n) is 9.05. The van der Waals surface area contributed by atoms with Gasteiger partial charge in [0.15, 0.2) is 0 Å². The van der Waals surface area contributed by atoms with E-state index in [9.17, 15) is 0 Å². The molecule has 53 heavy (non-hydrogen) atoms. The molecule has 1 aliphatic rings. The largest absolute Gasteiger partial charge is 0.310 e. The van der Waals surface area contributed by atoms with E-state index in [4.69, 9.17) is 0 Å². The van der Waals surface area contributed by atoms with Gasteiger partial charge in [0, 0.05) is 42.6 Å². The van der Waals surface area contributed by atoms with E-state index >= 15 is 0 Å². The van der Waals surface area contributed by atoms with Crippen molar-refractivity contribution in [1.29, 1.82) is 0 Å². The van der Waals surface area contributed by atoms with Crippen molar-refractivity contribution in [3.05, 3.63) is 222 Å². The Bertz CT molecular complexity index is 2950. The lowest BCUT2D eigenvalue weighted by atomic mass is 9.68. The zero-order valence-corrected chi connectivity index (χ0v) is 29.7. The first-order valence-electron chi connectivity index (χ1n) is 18.3. The number of benzene rings is 9. The number of rotatable bonds is 5. The quantitative estimate of drug-likeness (QED) is 0.162. The Morgan fingerprint density at radius 1 is 0.377 bits per heavy atom. The molecule has 0 aliphatic heterocycles. The van der Waals surface area contributed by atoms with Crippen LogP contribution in [0.25, 0.3) is 52.8 Å². The highest BCUT2D eigenvalue weighted by atomic mass is 32.1. The number of fused-ring (bicyclic) bond motifs is 10. The molecular weight excluding hydrogens is 659 g/mol. The predicted octanol–water partition coefficient (Wildman–Crippen LogP) is 14.2. The second kappa shape index (κ2) is 11.8. The maximum atomic E-state index is 2.40. The van der Waals surface area contributed by atoms with Gasteiger partial charge in [-0.3, -0.25) is 0 Å². The summed E-state index contributed by atoms with van der Waals surface area (Å²) in [6.45, 7) is 0. The molecule has 0 fully saturated rings. The highest BCUT2D eigenvalue weighted by molar-refractivity contribution is 7.26. The first-order valence-corrected chi connectivity index (χ1v) is 19.1. The van der Waals surface area contributed by atoms with Gasteiger partial charge in [0.2, 0.25) is 0 Å².